The average Bonchev–Trinajstić information content (AvgIpc) is 1.86. The fourth-order valence-electron chi connectivity index (χ4n) is 0.232. The van der Waals surface area contributed by atoms with Crippen molar-refractivity contribution in [3.05, 3.63) is 10.1 Å². The molecule has 5 heteroatoms. The first kappa shape index (κ1) is 9.10. The maximum absolute atomic E-state index is 10.2. The zero-order chi connectivity index (χ0) is 7.49. The van der Waals surface area contributed by atoms with Gasteiger partial charge in [0.1, 0.15) is 0 Å². The lowest BCUT2D eigenvalue weighted by Crippen LogP contribution is -2.25. The van der Waals surface area contributed by atoms with Crippen LogP contribution in [0.25, 0.3) is 0 Å². The zero-order valence-electron chi connectivity index (χ0n) is 5.58. The monoisotopic (exact) mass is 167 g/mol. The molecular weight excluding hydrogens is 158 g/mol. The van der Waals surface area contributed by atoms with Crippen LogP contribution >= 0.6 is 23.5 Å². The largest absolute Gasteiger partial charge is 0.309 e. The van der Waals surface area contributed by atoms with Gasteiger partial charge >= 0.3 is 4.20 Å². The average molecular weight is 167 g/mol. The van der Waals surface area contributed by atoms with E-state index in [0.29, 0.717) is 0 Å². The van der Waals surface area contributed by atoms with Gasteiger partial charge in [-0.3, -0.25) is 10.1 Å². The molecule has 0 N–H and O–H groups in total. The Morgan fingerprint density at radius 3 is 1.78 bits per heavy atom. The van der Waals surface area contributed by atoms with E-state index in [1.54, 1.807) is 19.4 Å². The van der Waals surface area contributed by atoms with Crippen LogP contribution in [-0.4, -0.2) is 21.6 Å². The van der Waals surface area contributed by atoms with Crippen molar-refractivity contribution in [3.63, 3.8) is 0 Å². The summed E-state index contributed by atoms with van der Waals surface area (Å²) < 4.78 is -0.861. The molecule has 0 radical (unpaired) electrons. The number of thioether (sulfide) groups is 2. The van der Waals surface area contributed by atoms with E-state index in [0.717, 1.165) is 0 Å². The lowest BCUT2D eigenvalue weighted by Gasteiger charge is -2.13. The van der Waals surface area contributed by atoms with Gasteiger partial charge in [0.25, 0.3) is 0 Å². The third-order valence-electron chi connectivity index (χ3n) is 1.09. The molecule has 0 fully saturated rings. The van der Waals surface area contributed by atoms with Crippen LogP contribution < -0.4 is 0 Å². The Hall–Kier alpha value is 0.1000. The van der Waals surface area contributed by atoms with Crippen molar-refractivity contribution in [1.29, 1.82) is 0 Å². The van der Waals surface area contributed by atoms with Crippen LogP contribution in [0.4, 0.5) is 0 Å². The normalized spacial score (nSPS) is 11.4. The van der Waals surface area contributed by atoms with Gasteiger partial charge in [-0.05, 0) is 12.5 Å². The van der Waals surface area contributed by atoms with Crippen molar-refractivity contribution < 1.29 is 4.92 Å². The predicted molar refractivity (Wildman–Crippen MR) is 42.4 cm³/mol. The third kappa shape index (κ3) is 2.06. The van der Waals surface area contributed by atoms with E-state index in [4.69, 9.17) is 0 Å². The Bertz CT molecular complexity index is 113. The highest BCUT2D eigenvalue weighted by Crippen LogP contribution is 2.32. The van der Waals surface area contributed by atoms with Crippen molar-refractivity contribution in [2.75, 3.05) is 12.5 Å². The van der Waals surface area contributed by atoms with E-state index in [2.05, 4.69) is 0 Å². The molecule has 0 bridgehead atoms. The summed E-state index contributed by atoms with van der Waals surface area (Å²) in [7, 11) is 0. The lowest BCUT2D eigenvalue weighted by molar-refractivity contribution is -0.504. The van der Waals surface area contributed by atoms with Crippen LogP contribution in [0.1, 0.15) is 6.92 Å². The van der Waals surface area contributed by atoms with Crippen molar-refractivity contribution in [2.24, 2.45) is 0 Å². The van der Waals surface area contributed by atoms with Gasteiger partial charge in [-0.25, -0.2) is 0 Å². The molecule has 9 heavy (non-hydrogen) atoms. The highest BCUT2D eigenvalue weighted by atomic mass is 32.2. The molecular formula is C4H9NO2S2. The molecule has 0 saturated heterocycles. The summed E-state index contributed by atoms with van der Waals surface area (Å²) in [6, 6.07) is 0. The van der Waals surface area contributed by atoms with E-state index in [1.807, 2.05) is 0 Å². The fraction of sp³-hybridized carbons (Fsp3) is 1.00. The maximum Gasteiger partial charge on any atom is 0.309 e. The van der Waals surface area contributed by atoms with Gasteiger partial charge in [-0.15, -0.1) is 0 Å². The summed E-state index contributed by atoms with van der Waals surface area (Å²) in [5.41, 5.74) is 0. The molecule has 0 spiro atoms. The van der Waals surface area contributed by atoms with Gasteiger partial charge in [0.05, 0.1) is 0 Å². The lowest BCUT2D eigenvalue weighted by atomic mass is 10.8. The Kier molecular flexibility index (Phi) is 3.35. The number of rotatable bonds is 3. The van der Waals surface area contributed by atoms with Crippen LogP contribution in [0, 0.1) is 10.1 Å². The molecule has 0 amide bonds. The second kappa shape index (κ2) is 3.31. The molecule has 0 aromatic carbocycles. The molecule has 54 valence electrons. The first-order valence-electron chi connectivity index (χ1n) is 2.31. The van der Waals surface area contributed by atoms with E-state index >= 15 is 0 Å². The summed E-state index contributed by atoms with van der Waals surface area (Å²) in [6.07, 6.45) is 3.47. The fourth-order valence-corrected chi connectivity index (χ4v) is 1.20. The summed E-state index contributed by atoms with van der Waals surface area (Å²) in [5, 5.41) is 10.2. The molecule has 0 aliphatic carbocycles. The smallest absolute Gasteiger partial charge is 0.262 e. The van der Waals surface area contributed by atoms with Gasteiger partial charge in [-0.1, -0.05) is 23.5 Å². The van der Waals surface area contributed by atoms with Crippen molar-refractivity contribution in [1.82, 2.24) is 0 Å². The Morgan fingerprint density at radius 1 is 1.44 bits per heavy atom. The summed E-state index contributed by atoms with van der Waals surface area (Å²) in [4.78, 5) is 9.97. The van der Waals surface area contributed by atoms with E-state index in [9.17, 15) is 10.1 Å². The Labute approximate surface area is 62.7 Å². The molecule has 0 aromatic heterocycles. The highest BCUT2D eigenvalue weighted by Gasteiger charge is 2.34. The minimum atomic E-state index is -0.861. The van der Waals surface area contributed by atoms with Crippen LogP contribution in [0.5, 0.6) is 0 Å². The standard InChI is InChI=1S/C4H9NO2S2/c1-4(8-2,9-3)5(6)7/h1-3H3. The zero-order valence-corrected chi connectivity index (χ0v) is 7.21. The van der Waals surface area contributed by atoms with Gasteiger partial charge in [0.2, 0.25) is 0 Å². The molecule has 0 aliphatic rings. The topological polar surface area (TPSA) is 43.1 Å². The quantitative estimate of drug-likeness (QED) is 0.364. The van der Waals surface area contributed by atoms with E-state index in [-0.39, 0.29) is 4.92 Å². The van der Waals surface area contributed by atoms with Crippen LogP contribution in [-0.2, 0) is 0 Å². The molecule has 0 aliphatic heterocycles. The minimum Gasteiger partial charge on any atom is -0.262 e. The summed E-state index contributed by atoms with van der Waals surface area (Å²) >= 11 is 2.49. The van der Waals surface area contributed by atoms with Gasteiger partial charge in [0, 0.05) is 11.8 Å². The molecule has 0 atom stereocenters. The third-order valence-corrected chi connectivity index (χ3v) is 3.90. The van der Waals surface area contributed by atoms with Crippen molar-refractivity contribution in [3.8, 4) is 0 Å². The second-order valence-corrected chi connectivity index (χ2v) is 4.23. The first-order chi connectivity index (χ1) is 4.06. The van der Waals surface area contributed by atoms with E-state index in [1.165, 1.54) is 23.5 Å². The second-order valence-electron chi connectivity index (χ2n) is 1.56. The Morgan fingerprint density at radius 2 is 1.78 bits per heavy atom. The number of hydrogen-bond acceptors (Lipinski definition) is 4. The van der Waals surface area contributed by atoms with Crippen molar-refractivity contribution in [2.45, 2.75) is 11.1 Å². The molecule has 3 nitrogen and oxygen atoms in total. The van der Waals surface area contributed by atoms with Crippen LogP contribution in [0.3, 0.4) is 0 Å². The highest BCUT2D eigenvalue weighted by molar-refractivity contribution is 8.17. The van der Waals surface area contributed by atoms with Gasteiger partial charge in [0.15, 0.2) is 0 Å². The first-order valence-corrected chi connectivity index (χ1v) is 4.76. The maximum atomic E-state index is 10.2. The van der Waals surface area contributed by atoms with Crippen molar-refractivity contribution >= 4 is 23.5 Å². The van der Waals surface area contributed by atoms with Crippen LogP contribution in [0.2, 0.25) is 0 Å². The number of nitro groups is 1. The summed E-state index contributed by atoms with van der Waals surface area (Å²) in [5.74, 6) is 0. The molecule has 0 heterocycles. The Balaban J connectivity index is 4.09. The molecule has 0 rings (SSSR count). The summed E-state index contributed by atoms with van der Waals surface area (Å²) in [6.45, 7) is 1.60. The molecule has 0 saturated carbocycles. The number of nitrogens with zero attached hydrogens (tertiary/aromatic N) is 1. The SMILES string of the molecule is CSC(C)(SC)[N+](=O)[O-]. The molecule has 0 aromatic rings. The predicted octanol–water partition coefficient (Wildman–Crippen LogP) is 1.66. The molecule has 0 unspecified atom stereocenters. The van der Waals surface area contributed by atoms with E-state index < -0.39 is 4.20 Å². The number of hydrogen-bond donors (Lipinski definition) is 0. The minimum absolute atomic E-state index is 0.275. The van der Waals surface area contributed by atoms with Gasteiger partial charge in [-0.2, -0.15) is 0 Å². The van der Waals surface area contributed by atoms with Gasteiger partial charge < -0.3 is 0 Å². The van der Waals surface area contributed by atoms with Crippen LogP contribution in [0.15, 0.2) is 0 Å².